The zero-order valence-corrected chi connectivity index (χ0v) is 28.6. The highest BCUT2D eigenvalue weighted by Crippen LogP contribution is 2.44. The maximum atomic E-state index is 2.43. The van der Waals surface area contributed by atoms with E-state index >= 15 is 0 Å². The third-order valence-corrected chi connectivity index (χ3v) is 10.6. The monoisotopic (exact) mass is 658 g/mol. The maximum Gasteiger partial charge on any atom is -0.00926 e. The summed E-state index contributed by atoms with van der Waals surface area (Å²) in [5, 5.41) is 10.1. The second-order valence-electron chi connectivity index (χ2n) is 13.7. The summed E-state index contributed by atoms with van der Waals surface area (Å²) in [6, 6.07) is 75.7. The zero-order valence-electron chi connectivity index (χ0n) is 28.6. The Morgan fingerprint density at radius 2 is 0.654 bits per heavy atom. The minimum Gasteiger partial charge on any atom is -0.0622 e. The van der Waals surface area contributed by atoms with Gasteiger partial charge in [0.25, 0.3) is 0 Å². The van der Waals surface area contributed by atoms with Crippen molar-refractivity contribution >= 4 is 43.1 Å². The van der Waals surface area contributed by atoms with E-state index in [1.807, 2.05) is 0 Å². The Kier molecular flexibility index (Phi) is 7.25. The van der Waals surface area contributed by atoms with Gasteiger partial charge in [0.05, 0.1) is 0 Å². The molecular weight excluding hydrogens is 625 g/mol. The van der Waals surface area contributed by atoms with Crippen molar-refractivity contribution in [3.05, 3.63) is 206 Å². The molecule has 0 unspecified atom stereocenters. The van der Waals surface area contributed by atoms with Crippen LogP contribution in [-0.2, 0) is 0 Å². The van der Waals surface area contributed by atoms with Crippen LogP contribution in [0, 0.1) is 0 Å². The Morgan fingerprint density at radius 1 is 0.173 bits per heavy atom. The molecule has 0 N–H and O–H groups in total. The first-order valence-electron chi connectivity index (χ1n) is 18.0. The predicted molar refractivity (Wildman–Crippen MR) is 224 cm³/mol. The maximum absolute atomic E-state index is 2.43. The van der Waals surface area contributed by atoms with Crippen LogP contribution in [0.3, 0.4) is 0 Å². The third kappa shape index (κ3) is 5.25. The molecule has 242 valence electrons. The van der Waals surface area contributed by atoms with Gasteiger partial charge in [-0.1, -0.05) is 164 Å². The Labute approximate surface area is 303 Å². The molecule has 0 saturated heterocycles. The fraction of sp³-hybridized carbons (Fsp3) is 0. The van der Waals surface area contributed by atoms with E-state index in [0.29, 0.717) is 0 Å². The Balaban J connectivity index is 1.25. The summed E-state index contributed by atoms with van der Waals surface area (Å²) in [5.41, 5.74) is 12.2. The highest BCUT2D eigenvalue weighted by molar-refractivity contribution is 6.16. The van der Waals surface area contributed by atoms with Gasteiger partial charge in [-0.3, -0.25) is 0 Å². The smallest absolute Gasteiger partial charge is 0.00926 e. The Hall–Kier alpha value is -6.76. The van der Waals surface area contributed by atoms with Crippen LogP contribution in [-0.4, -0.2) is 0 Å². The molecule has 0 aliphatic rings. The summed E-state index contributed by atoms with van der Waals surface area (Å²) in [4.78, 5) is 0. The topological polar surface area (TPSA) is 0 Å². The first kappa shape index (κ1) is 30.1. The van der Waals surface area contributed by atoms with Gasteiger partial charge in [0.1, 0.15) is 0 Å². The van der Waals surface area contributed by atoms with Crippen molar-refractivity contribution in [3.63, 3.8) is 0 Å². The molecule has 10 aromatic rings. The summed E-state index contributed by atoms with van der Waals surface area (Å²) >= 11 is 0. The van der Waals surface area contributed by atoms with E-state index in [9.17, 15) is 0 Å². The molecule has 0 heteroatoms. The van der Waals surface area contributed by atoms with E-state index in [0.717, 1.165) is 0 Å². The molecule has 0 heterocycles. The van der Waals surface area contributed by atoms with Gasteiger partial charge < -0.3 is 0 Å². The lowest BCUT2D eigenvalue weighted by Crippen LogP contribution is -1.92. The minimum absolute atomic E-state index is 1.20. The first-order chi connectivity index (χ1) is 25.8. The average Bonchev–Trinajstić information content (AvgIpc) is 3.23. The van der Waals surface area contributed by atoms with Gasteiger partial charge in [0, 0.05) is 0 Å². The average molecular weight is 659 g/mol. The van der Waals surface area contributed by atoms with Gasteiger partial charge in [0.15, 0.2) is 0 Å². The van der Waals surface area contributed by atoms with Gasteiger partial charge >= 0.3 is 0 Å². The first-order valence-corrected chi connectivity index (χ1v) is 18.0. The van der Waals surface area contributed by atoms with E-state index in [-0.39, 0.29) is 0 Å². The molecule has 0 spiro atoms. The second kappa shape index (κ2) is 12.5. The van der Waals surface area contributed by atoms with Crippen LogP contribution in [0.5, 0.6) is 0 Å². The molecule has 0 atom stereocenters. The van der Waals surface area contributed by atoms with Crippen LogP contribution in [0.1, 0.15) is 0 Å². The van der Waals surface area contributed by atoms with Crippen LogP contribution in [0.4, 0.5) is 0 Å². The van der Waals surface area contributed by atoms with Gasteiger partial charge in [-0.2, -0.15) is 0 Å². The molecular formula is C52H34. The highest BCUT2D eigenvalue weighted by atomic mass is 14.2. The van der Waals surface area contributed by atoms with E-state index in [1.54, 1.807) is 0 Å². The Bertz CT molecular complexity index is 2940. The molecule has 0 aliphatic heterocycles. The summed E-state index contributed by atoms with van der Waals surface area (Å²) in [6.07, 6.45) is 0. The number of rotatable bonds is 5. The zero-order chi connectivity index (χ0) is 34.4. The van der Waals surface area contributed by atoms with Crippen molar-refractivity contribution in [2.75, 3.05) is 0 Å². The fourth-order valence-electron chi connectivity index (χ4n) is 8.04. The van der Waals surface area contributed by atoms with Crippen molar-refractivity contribution in [2.24, 2.45) is 0 Å². The number of hydrogen-bond donors (Lipinski definition) is 0. The van der Waals surface area contributed by atoms with E-state index in [4.69, 9.17) is 0 Å². The molecule has 0 aliphatic carbocycles. The third-order valence-electron chi connectivity index (χ3n) is 10.6. The normalized spacial score (nSPS) is 11.5. The van der Waals surface area contributed by atoms with Gasteiger partial charge in [-0.15, -0.1) is 0 Å². The van der Waals surface area contributed by atoms with E-state index in [2.05, 4.69) is 206 Å². The van der Waals surface area contributed by atoms with Crippen molar-refractivity contribution in [1.29, 1.82) is 0 Å². The van der Waals surface area contributed by atoms with Crippen molar-refractivity contribution in [2.45, 2.75) is 0 Å². The molecule has 10 rings (SSSR count). The van der Waals surface area contributed by atoms with Crippen LogP contribution in [0.25, 0.3) is 98.7 Å². The number of hydrogen-bond acceptors (Lipinski definition) is 0. The summed E-state index contributed by atoms with van der Waals surface area (Å²) in [6.45, 7) is 0. The van der Waals surface area contributed by atoms with Gasteiger partial charge in [0.2, 0.25) is 0 Å². The molecule has 0 amide bonds. The van der Waals surface area contributed by atoms with Crippen molar-refractivity contribution < 1.29 is 0 Å². The molecule has 0 nitrogen and oxygen atoms in total. The Morgan fingerprint density at radius 3 is 1.37 bits per heavy atom. The summed E-state index contributed by atoms with van der Waals surface area (Å²) in [5.74, 6) is 0. The van der Waals surface area contributed by atoms with E-state index < -0.39 is 0 Å². The molecule has 0 bridgehead atoms. The molecule has 0 saturated carbocycles. The van der Waals surface area contributed by atoms with Gasteiger partial charge in [-0.25, -0.2) is 0 Å². The second-order valence-corrected chi connectivity index (χ2v) is 13.7. The largest absolute Gasteiger partial charge is 0.0622 e. The minimum atomic E-state index is 1.20. The van der Waals surface area contributed by atoms with Gasteiger partial charge in [-0.05, 0) is 141 Å². The number of benzene rings is 10. The fourth-order valence-corrected chi connectivity index (χ4v) is 8.04. The molecule has 52 heavy (non-hydrogen) atoms. The van der Waals surface area contributed by atoms with Crippen LogP contribution < -0.4 is 0 Å². The van der Waals surface area contributed by atoms with Crippen molar-refractivity contribution in [3.8, 4) is 55.6 Å². The molecule has 0 aromatic heterocycles. The molecule has 0 radical (unpaired) electrons. The van der Waals surface area contributed by atoms with Crippen LogP contribution in [0.2, 0.25) is 0 Å². The van der Waals surface area contributed by atoms with Crippen LogP contribution >= 0.6 is 0 Å². The summed E-state index contributed by atoms with van der Waals surface area (Å²) < 4.78 is 0. The molecule has 10 aromatic carbocycles. The van der Waals surface area contributed by atoms with Crippen molar-refractivity contribution in [1.82, 2.24) is 0 Å². The highest BCUT2D eigenvalue weighted by Gasteiger charge is 2.17. The molecule has 0 fully saturated rings. The lowest BCUT2D eigenvalue weighted by molar-refractivity contribution is 1.59. The lowest BCUT2D eigenvalue weighted by Gasteiger charge is -2.18. The standard InChI is InChI=1S/C52H34/c1-3-15-36(16-4-1)48-31-43(40-22-13-21-39(29-40)41-27-26-35-14-7-8-19-38(35)28-41)32-51-49(37-17-5-2-6-18-37)33-44(34-52(48)51)50-30-42-20-9-10-23-45(42)46-24-11-12-25-47(46)50/h1-34H. The SMILES string of the molecule is c1ccc(-c2cc(-c3cc4ccccc4c4ccccc34)cc3c(-c4ccccc4)cc(-c4cccc(-c5ccc6ccccc6c5)c4)cc23)cc1. The lowest BCUT2D eigenvalue weighted by atomic mass is 9.85. The summed E-state index contributed by atoms with van der Waals surface area (Å²) in [7, 11) is 0. The van der Waals surface area contributed by atoms with Crippen LogP contribution in [0.15, 0.2) is 206 Å². The number of fused-ring (bicyclic) bond motifs is 5. The predicted octanol–water partition coefficient (Wildman–Crippen LogP) is 14.6. The van der Waals surface area contributed by atoms with E-state index in [1.165, 1.54) is 98.7 Å². The quantitative estimate of drug-likeness (QED) is 0.161.